The topological polar surface area (TPSA) is 94.2 Å². The number of anilines is 1. The molecule has 3 aromatic rings. The third kappa shape index (κ3) is 5.26. The van der Waals surface area contributed by atoms with Gasteiger partial charge in [-0.1, -0.05) is 30.3 Å². The van der Waals surface area contributed by atoms with Crippen molar-refractivity contribution in [2.24, 2.45) is 0 Å². The summed E-state index contributed by atoms with van der Waals surface area (Å²) in [6.07, 6.45) is 0.499. The molecular formula is C27H30N2O6S. The minimum Gasteiger partial charge on any atom is -0.497 e. The molecule has 1 unspecified atom stereocenters. The van der Waals surface area contributed by atoms with E-state index in [1.807, 2.05) is 26.0 Å². The fourth-order valence-electron chi connectivity index (χ4n) is 4.31. The predicted molar refractivity (Wildman–Crippen MR) is 137 cm³/mol. The van der Waals surface area contributed by atoms with E-state index < -0.39 is 34.1 Å². The summed E-state index contributed by atoms with van der Waals surface area (Å²) in [5.74, 6) is 1.17. The molecule has 0 radical (unpaired) electrons. The van der Waals surface area contributed by atoms with Crippen molar-refractivity contribution in [3.05, 3.63) is 78.4 Å². The molecule has 1 atom stereocenters. The zero-order valence-electron chi connectivity index (χ0n) is 20.7. The van der Waals surface area contributed by atoms with Crippen molar-refractivity contribution < 1.29 is 27.4 Å². The second-order valence-corrected chi connectivity index (χ2v) is 10.9. The highest BCUT2D eigenvalue weighted by Gasteiger charge is 2.36. The summed E-state index contributed by atoms with van der Waals surface area (Å²) in [6, 6.07) is 19.8. The first-order chi connectivity index (χ1) is 17.1. The lowest BCUT2D eigenvalue weighted by molar-refractivity contribution is -0.120. The second kappa shape index (κ2) is 10.1. The molecule has 1 N–H and O–H groups in total. The molecule has 36 heavy (non-hydrogen) atoms. The monoisotopic (exact) mass is 510 g/mol. The molecule has 1 heterocycles. The van der Waals surface area contributed by atoms with Crippen LogP contribution in [-0.4, -0.2) is 40.7 Å². The molecule has 0 bridgehead atoms. The molecule has 4 rings (SSSR count). The maximum Gasteiger partial charge on any atom is 0.264 e. The van der Waals surface area contributed by atoms with Crippen LogP contribution in [0.3, 0.4) is 0 Å². The Hall–Kier alpha value is -3.72. The number of carbonyl (C=O) groups is 1. The Balaban J connectivity index is 1.68. The van der Waals surface area contributed by atoms with Crippen molar-refractivity contribution in [3.8, 4) is 17.2 Å². The van der Waals surface area contributed by atoms with Crippen LogP contribution in [0.5, 0.6) is 17.2 Å². The van der Waals surface area contributed by atoms with Crippen LogP contribution in [-0.2, 0) is 14.8 Å². The first-order valence-corrected chi connectivity index (χ1v) is 13.0. The highest BCUT2D eigenvalue weighted by atomic mass is 32.2. The quantitative estimate of drug-likeness (QED) is 0.485. The maximum absolute atomic E-state index is 13.7. The Morgan fingerprint density at radius 1 is 1.03 bits per heavy atom. The van der Waals surface area contributed by atoms with Gasteiger partial charge in [0.15, 0.2) is 0 Å². The number of hydrogen-bond donors (Lipinski definition) is 1. The number of nitrogens with zero attached hydrogens (tertiary/aromatic N) is 1. The van der Waals surface area contributed by atoms with Gasteiger partial charge in [0.25, 0.3) is 10.0 Å². The van der Waals surface area contributed by atoms with E-state index in [0.717, 1.165) is 9.87 Å². The molecule has 0 aliphatic carbocycles. The molecule has 9 heteroatoms. The van der Waals surface area contributed by atoms with Crippen molar-refractivity contribution in [2.45, 2.75) is 36.8 Å². The van der Waals surface area contributed by atoms with Crippen LogP contribution >= 0.6 is 0 Å². The van der Waals surface area contributed by atoms with Gasteiger partial charge in [-0.2, -0.15) is 0 Å². The van der Waals surface area contributed by atoms with Gasteiger partial charge < -0.3 is 19.5 Å². The summed E-state index contributed by atoms with van der Waals surface area (Å²) in [5.41, 5.74) is 0.517. The summed E-state index contributed by atoms with van der Waals surface area (Å²) >= 11 is 0. The van der Waals surface area contributed by atoms with E-state index in [-0.39, 0.29) is 10.6 Å². The lowest BCUT2D eigenvalue weighted by atomic mass is 9.89. The lowest BCUT2D eigenvalue weighted by Gasteiger charge is -2.38. The molecule has 1 amide bonds. The number of hydrogen-bond acceptors (Lipinski definition) is 6. The van der Waals surface area contributed by atoms with Crippen LogP contribution in [0.4, 0.5) is 5.69 Å². The summed E-state index contributed by atoms with van der Waals surface area (Å²) < 4.78 is 45.3. The molecule has 0 saturated heterocycles. The molecule has 8 nitrogen and oxygen atoms in total. The normalized spacial score (nSPS) is 16.3. The highest BCUT2D eigenvalue weighted by molar-refractivity contribution is 7.92. The summed E-state index contributed by atoms with van der Waals surface area (Å²) in [7, 11) is -1.04. The molecule has 1 aliphatic rings. The molecule has 0 saturated carbocycles. The van der Waals surface area contributed by atoms with E-state index in [4.69, 9.17) is 14.2 Å². The number of rotatable bonds is 8. The van der Waals surface area contributed by atoms with Gasteiger partial charge in [-0.15, -0.1) is 0 Å². The number of fused-ring (bicyclic) bond motifs is 1. The molecule has 0 spiro atoms. The summed E-state index contributed by atoms with van der Waals surface area (Å²) in [4.78, 5) is 13.5. The van der Waals surface area contributed by atoms with Crippen LogP contribution in [0.1, 0.15) is 31.9 Å². The maximum atomic E-state index is 13.7. The lowest BCUT2D eigenvalue weighted by Crippen LogP contribution is -2.45. The van der Waals surface area contributed by atoms with Crippen LogP contribution in [0.25, 0.3) is 0 Å². The second-order valence-electron chi connectivity index (χ2n) is 9.09. The molecular weight excluding hydrogens is 480 g/mol. The average molecular weight is 511 g/mol. The number of nitrogens with one attached hydrogen (secondary N) is 1. The van der Waals surface area contributed by atoms with Crippen LogP contribution in [0.2, 0.25) is 0 Å². The van der Waals surface area contributed by atoms with E-state index in [1.165, 1.54) is 19.2 Å². The van der Waals surface area contributed by atoms with Gasteiger partial charge in [0, 0.05) is 12.0 Å². The predicted octanol–water partition coefficient (Wildman–Crippen LogP) is 4.32. The molecule has 190 valence electrons. The van der Waals surface area contributed by atoms with Gasteiger partial charge in [0.1, 0.15) is 29.4 Å². The van der Waals surface area contributed by atoms with Gasteiger partial charge in [-0.3, -0.25) is 9.10 Å². The number of benzene rings is 3. The van der Waals surface area contributed by atoms with Crippen molar-refractivity contribution in [1.82, 2.24) is 5.32 Å². The Bertz CT molecular complexity index is 1340. The molecule has 3 aromatic carbocycles. The van der Waals surface area contributed by atoms with Gasteiger partial charge in [0.05, 0.1) is 30.8 Å². The largest absolute Gasteiger partial charge is 0.497 e. The van der Waals surface area contributed by atoms with Gasteiger partial charge >= 0.3 is 0 Å². The van der Waals surface area contributed by atoms with Gasteiger partial charge in [0.2, 0.25) is 5.91 Å². The van der Waals surface area contributed by atoms with E-state index >= 15 is 0 Å². The standard InChI is InChI=1S/C27H30N2O6S/c1-27(2)17-22(21-16-19(33-3)14-15-24(21)35-27)28-26(30)18-29(23-12-8-9-13-25(23)34-4)36(31,32)20-10-6-5-7-11-20/h5-16,22H,17-18H2,1-4H3,(H,28,30). The summed E-state index contributed by atoms with van der Waals surface area (Å²) in [6.45, 7) is 3.45. The van der Waals surface area contributed by atoms with E-state index in [1.54, 1.807) is 55.6 Å². The Labute approximate surface area is 211 Å². The van der Waals surface area contributed by atoms with E-state index in [0.29, 0.717) is 23.7 Å². The zero-order valence-corrected chi connectivity index (χ0v) is 21.5. The Morgan fingerprint density at radius 2 is 1.72 bits per heavy atom. The van der Waals surface area contributed by atoms with E-state index in [9.17, 15) is 13.2 Å². The first kappa shape index (κ1) is 25.4. The fraction of sp³-hybridized carbons (Fsp3) is 0.296. The number of para-hydroxylation sites is 2. The minimum absolute atomic E-state index is 0.0750. The SMILES string of the molecule is COc1ccc2c(c1)C(NC(=O)CN(c1ccccc1OC)S(=O)(=O)c1ccccc1)CC(C)(C)O2. The summed E-state index contributed by atoms with van der Waals surface area (Å²) in [5, 5.41) is 3.02. The molecule has 0 aromatic heterocycles. The average Bonchev–Trinajstić information content (AvgIpc) is 2.87. The van der Waals surface area contributed by atoms with E-state index in [2.05, 4.69) is 5.32 Å². The zero-order chi connectivity index (χ0) is 25.9. The van der Waals surface area contributed by atoms with Crippen LogP contribution in [0.15, 0.2) is 77.7 Å². The number of methoxy groups -OCH3 is 2. The number of sulfonamides is 1. The third-order valence-electron chi connectivity index (χ3n) is 5.98. The number of carbonyl (C=O) groups excluding carboxylic acids is 1. The van der Waals surface area contributed by atoms with Gasteiger partial charge in [-0.05, 0) is 56.3 Å². The fourth-order valence-corrected chi connectivity index (χ4v) is 5.77. The number of amides is 1. The Morgan fingerprint density at radius 3 is 2.42 bits per heavy atom. The first-order valence-electron chi connectivity index (χ1n) is 11.5. The van der Waals surface area contributed by atoms with Crippen molar-refractivity contribution in [3.63, 3.8) is 0 Å². The van der Waals surface area contributed by atoms with Crippen LogP contribution < -0.4 is 23.8 Å². The minimum atomic E-state index is -4.07. The molecule has 0 fully saturated rings. The van der Waals surface area contributed by atoms with Crippen molar-refractivity contribution >= 4 is 21.6 Å². The Kier molecular flexibility index (Phi) is 7.12. The van der Waals surface area contributed by atoms with Crippen LogP contribution in [0, 0.1) is 0 Å². The highest BCUT2D eigenvalue weighted by Crippen LogP contribution is 2.41. The number of ether oxygens (including phenoxy) is 3. The van der Waals surface area contributed by atoms with Crippen molar-refractivity contribution in [1.29, 1.82) is 0 Å². The third-order valence-corrected chi connectivity index (χ3v) is 7.76. The smallest absolute Gasteiger partial charge is 0.264 e. The molecule has 1 aliphatic heterocycles. The van der Waals surface area contributed by atoms with Crippen molar-refractivity contribution in [2.75, 3.05) is 25.1 Å². The van der Waals surface area contributed by atoms with Gasteiger partial charge in [-0.25, -0.2) is 8.42 Å².